The van der Waals surface area contributed by atoms with Crippen molar-refractivity contribution >= 4 is 5.78 Å². The molecule has 0 radical (unpaired) electrons. The Morgan fingerprint density at radius 2 is 2.00 bits per heavy atom. The molecule has 0 saturated heterocycles. The van der Waals surface area contributed by atoms with Crippen LogP contribution in [0.25, 0.3) is 0 Å². The molecule has 3 fully saturated rings. The molecule has 0 bridgehead atoms. The van der Waals surface area contributed by atoms with Crippen LogP contribution in [0, 0.1) is 29.1 Å². The third-order valence-electron chi connectivity index (χ3n) is 7.99. The van der Waals surface area contributed by atoms with Crippen LogP contribution >= 0.6 is 0 Å². The van der Waals surface area contributed by atoms with E-state index < -0.39 is 5.60 Å². The van der Waals surface area contributed by atoms with Gasteiger partial charge in [0.05, 0.1) is 18.4 Å². The Balaban J connectivity index is 1.33. The van der Waals surface area contributed by atoms with Gasteiger partial charge in [-0.1, -0.05) is 13.8 Å². The molecule has 28 heavy (non-hydrogen) atoms. The lowest BCUT2D eigenvalue weighted by Gasteiger charge is -2.49. The molecule has 1 heterocycles. The van der Waals surface area contributed by atoms with Crippen molar-refractivity contribution in [2.45, 2.75) is 77.2 Å². The molecule has 0 aliphatic heterocycles. The molecular formula is C24H33NO3. The molecule has 4 aliphatic carbocycles. The summed E-state index contributed by atoms with van der Waals surface area (Å²) in [6, 6.07) is 2.12. The van der Waals surface area contributed by atoms with Gasteiger partial charge in [-0.2, -0.15) is 0 Å². The SMILES string of the molecule is CC(C)CCOc1cnc2c(c1)CCC(=O)C1CC1([C@H]1C[C@@](O)(C3CC3)C1)C2. The molecule has 0 amide bonds. The van der Waals surface area contributed by atoms with Crippen molar-refractivity contribution in [2.75, 3.05) is 6.61 Å². The average molecular weight is 384 g/mol. The summed E-state index contributed by atoms with van der Waals surface area (Å²) in [4.78, 5) is 17.6. The monoisotopic (exact) mass is 383 g/mol. The van der Waals surface area contributed by atoms with Gasteiger partial charge in [-0.15, -0.1) is 0 Å². The van der Waals surface area contributed by atoms with E-state index in [2.05, 4.69) is 19.9 Å². The van der Waals surface area contributed by atoms with Gasteiger partial charge in [0.2, 0.25) is 0 Å². The molecule has 1 aromatic heterocycles. The Kier molecular flexibility index (Phi) is 4.35. The first-order valence-electron chi connectivity index (χ1n) is 11.3. The highest BCUT2D eigenvalue weighted by molar-refractivity contribution is 5.85. The highest BCUT2D eigenvalue weighted by Gasteiger charge is 2.68. The summed E-state index contributed by atoms with van der Waals surface area (Å²) in [5.41, 5.74) is 1.99. The van der Waals surface area contributed by atoms with E-state index in [1.807, 2.05) is 6.20 Å². The van der Waals surface area contributed by atoms with Gasteiger partial charge in [0.25, 0.3) is 0 Å². The summed E-state index contributed by atoms with van der Waals surface area (Å²) in [5.74, 6) is 3.11. The van der Waals surface area contributed by atoms with Gasteiger partial charge in [0.1, 0.15) is 11.5 Å². The molecule has 2 unspecified atom stereocenters. The minimum absolute atomic E-state index is 0.0698. The van der Waals surface area contributed by atoms with Crippen LogP contribution in [0.3, 0.4) is 0 Å². The number of ether oxygens (including phenoxy) is 1. The fraction of sp³-hybridized carbons (Fsp3) is 0.750. The number of hydrogen-bond acceptors (Lipinski definition) is 4. The van der Waals surface area contributed by atoms with Crippen molar-refractivity contribution in [1.82, 2.24) is 4.98 Å². The lowest BCUT2D eigenvalue weighted by molar-refractivity contribution is -0.128. The van der Waals surface area contributed by atoms with E-state index in [1.165, 1.54) is 18.4 Å². The normalized spacial score (nSPS) is 36.8. The van der Waals surface area contributed by atoms with Crippen LogP contribution in [-0.4, -0.2) is 28.1 Å². The maximum atomic E-state index is 12.8. The zero-order valence-electron chi connectivity index (χ0n) is 17.2. The van der Waals surface area contributed by atoms with Crippen LogP contribution in [0.5, 0.6) is 5.75 Å². The number of aryl methyl sites for hydroxylation is 1. The molecule has 0 spiro atoms. The average Bonchev–Trinajstić information content (AvgIpc) is 3.52. The Hall–Kier alpha value is -1.42. The van der Waals surface area contributed by atoms with Crippen LogP contribution in [-0.2, 0) is 17.6 Å². The Morgan fingerprint density at radius 1 is 1.21 bits per heavy atom. The number of aliphatic hydroxyl groups is 1. The molecule has 1 N–H and O–H groups in total. The maximum Gasteiger partial charge on any atom is 0.137 e. The molecule has 4 aliphatic rings. The molecule has 3 saturated carbocycles. The van der Waals surface area contributed by atoms with Crippen molar-refractivity contribution in [2.24, 2.45) is 29.1 Å². The van der Waals surface area contributed by atoms with Crippen LogP contribution < -0.4 is 4.74 Å². The zero-order valence-corrected chi connectivity index (χ0v) is 17.2. The van der Waals surface area contributed by atoms with Crippen molar-refractivity contribution in [1.29, 1.82) is 0 Å². The summed E-state index contributed by atoms with van der Waals surface area (Å²) < 4.78 is 5.90. The second kappa shape index (κ2) is 6.55. The Morgan fingerprint density at radius 3 is 2.71 bits per heavy atom. The third-order valence-corrected chi connectivity index (χ3v) is 7.99. The van der Waals surface area contributed by atoms with Crippen LogP contribution in [0.1, 0.15) is 70.1 Å². The van der Waals surface area contributed by atoms with Gasteiger partial charge in [0, 0.05) is 18.0 Å². The zero-order chi connectivity index (χ0) is 19.5. The van der Waals surface area contributed by atoms with Crippen LogP contribution in [0.4, 0.5) is 0 Å². The number of fused-ring (bicyclic) bond motifs is 2. The van der Waals surface area contributed by atoms with E-state index in [-0.39, 0.29) is 11.3 Å². The number of Topliss-reactive ketones (excluding diaryl/α,β-unsaturated/α-hetero) is 1. The maximum absolute atomic E-state index is 12.8. The first-order chi connectivity index (χ1) is 13.4. The molecule has 1 aromatic rings. The molecule has 4 heteroatoms. The van der Waals surface area contributed by atoms with Crippen LogP contribution in [0.15, 0.2) is 12.3 Å². The quantitative estimate of drug-likeness (QED) is 0.803. The number of ketones is 1. The first kappa shape index (κ1) is 18.6. The standard InChI is InChI=1S/C24H33NO3/c1-15(2)7-8-28-19-9-16-3-6-22(26)20-12-23(20,13-21(16)25-14-19)18-10-24(27,11-18)17-4-5-17/h9,14-15,17-18,20,27H,3-8,10-13H2,1-2H3/t18-,20?,23?,24-. The van der Waals surface area contributed by atoms with E-state index in [9.17, 15) is 9.90 Å². The number of pyridine rings is 1. The van der Waals surface area contributed by atoms with E-state index in [0.717, 1.165) is 50.0 Å². The van der Waals surface area contributed by atoms with Crippen molar-refractivity contribution in [3.63, 3.8) is 0 Å². The third kappa shape index (κ3) is 3.18. The predicted octanol–water partition coefficient (Wildman–Crippen LogP) is 4.12. The van der Waals surface area contributed by atoms with Crippen molar-refractivity contribution in [3.8, 4) is 5.75 Å². The number of aromatic nitrogens is 1. The lowest BCUT2D eigenvalue weighted by Crippen LogP contribution is -2.50. The second-order valence-electron chi connectivity index (χ2n) is 10.4. The summed E-state index contributed by atoms with van der Waals surface area (Å²) in [5, 5.41) is 10.8. The smallest absolute Gasteiger partial charge is 0.137 e. The van der Waals surface area contributed by atoms with Gasteiger partial charge in [-0.3, -0.25) is 9.78 Å². The van der Waals surface area contributed by atoms with Gasteiger partial charge in [0.15, 0.2) is 0 Å². The minimum Gasteiger partial charge on any atom is -0.492 e. The predicted molar refractivity (Wildman–Crippen MR) is 107 cm³/mol. The van der Waals surface area contributed by atoms with Gasteiger partial charge in [-0.25, -0.2) is 0 Å². The lowest BCUT2D eigenvalue weighted by atomic mass is 9.59. The summed E-state index contributed by atoms with van der Waals surface area (Å²) >= 11 is 0. The highest BCUT2D eigenvalue weighted by Crippen LogP contribution is 2.69. The van der Waals surface area contributed by atoms with E-state index in [4.69, 9.17) is 9.72 Å². The highest BCUT2D eigenvalue weighted by atomic mass is 16.5. The summed E-state index contributed by atoms with van der Waals surface area (Å²) in [6.07, 6.45) is 10.4. The number of nitrogens with zero attached hydrogens (tertiary/aromatic N) is 1. The second-order valence-corrected chi connectivity index (χ2v) is 10.4. The molecule has 0 aromatic carbocycles. The molecule has 5 rings (SSSR count). The van der Waals surface area contributed by atoms with Crippen molar-refractivity contribution in [3.05, 3.63) is 23.5 Å². The van der Waals surface area contributed by atoms with Crippen LogP contribution in [0.2, 0.25) is 0 Å². The fourth-order valence-corrected chi connectivity index (χ4v) is 5.83. The number of carbonyl (C=O) groups excluding carboxylic acids is 1. The number of rotatable bonds is 6. The summed E-state index contributed by atoms with van der Waals surface area (Å²) in [6.45, 7) is 5.11. The molecule has 4 nitrogen and oxygen atoms in total. The topological polar surface area (TPSA) is 59.4 Å². The fourth-order valence-electron chi connectivity index (χ4n) is 5.83. The molecular weight excluding hydrogens is 350 g/mol. The number of carbonyl (C=O) groups is 1. The van der Waals surface area contributed by atoms with Gasteiger partial charge < -0.3 is 9.84 Å². The van der Waals surface area contributed by atoms with Gasteiger partial charge in [-0.05, 0) is 86.2 Å². The first-order valence-corrected chi connectivity index (χ1v) is 11.3. The van der Waals surface area contributed by atoms with Crippen molar-refractivity contribution < 1.29 is 14.6 Å². The van der Waals surface area contributed by atoms with E-state index in [1.54, 1.807) is 0 Å². The number of hydrogen-bond donors (Lipinski definition) is 1. The Labute approximate surface area is 168 Å². The molecule has 152 valence electrons. The minimum atomic E-state index is -0.428. The largest absolute Gasteiger partial charge is 0.492 e. The van der Waals surface area contributed by atoms with E-state index in [0.29, 0.717) is 36.6 Å². The summed E-state index contributed by atoms with van der Waals surface area (Å²) in [7, 11) is 0. The van der Waals surface area contributed by atoms with E-state index >= 15 is 0 Å². The van der Waals surface area contributed by atoms with Gasteiger partial charge >= 0.3 is 0 Å². The Bertz CT molecular complexity index is 778. The molecule has 2 atom stereocenters.